The number of anilines is 1. The average molecular weight is 380 g/mol. The van der Waals surface area contributed by atoms with Crippen LogP contribution in [0.4, 0.5) is 23.7 Å². The molecule has 136 valence electrons. The van der Waals surface area contributed by atoms with Crippen molar-refractivity contribution in [3.8, 4) is 0 Å². The highest BCUT2D eigenvalue weighted by molar-refractivity contribution is 7.10. The number of halogens is 3. The van der Waals surface area contributed by atoms with Crippen LogP contribution in [0, 0.1) is 0 Å². The van der Waals surface area contributed by atoms with E-state index in [2.05, 4.69) is 15.7 Å². The highest BCUT2D eigenvalue weighted by Gasteiger charge is 2.30. The molecule has 0 unspecified atom stereocenters. The minimum Gasteiger partial charge on any atom is -0.335 e. The van der Waals surface area contributed by atoms with Crippen molar-refractivity contribution in [2.24, 2.45) is 0 Å². The van der Waals surface area contributed by atoms with Gasteiger partial charge in [0.15, 0.2) is 0 Å². The Morgan fingerprint density at radius 2 is 2.08 bits per heavy atom. The Morgan fingerprint density at radius 1 is 1.23 bits per heavy atom. The van der Waals surface area contributed by atoms with Crippen molar-refractivity contribution >= 4 is 23.1 Å². The fraction of sp³-hybridized carbons (Fsp3) is 0.176. The summed E-state index contributed by atoms with van der Waals surface area (Å²) >= 11 is 1.53. The molecule has 5 nitrogen and oxygen atoms in total. The summed E-state index contributed by atoms with van der Waals surface area (Å²) < 4.78 is 39.9. The van der Waals surface area contributed by atoms with Crippen molar-refractivity contribution in [1.29, 1.82) is 0 Å². The lowest BCUT2D eigenvalue weighted by Crippen LogP contribution is -2.34. The van der Waals surface area contributed by atoms with E-state index >= 15 is 0 Å². The number of carbonyl (C=O) groups is 1. The highest BCUT2D eigenvalue weighted by Crippen LogP contribution is 2.30. The van der Waals surface area contributed by atoms with Gasteiger partial charge in [0, 0.05) is 29.5 Å². The average Bonchev–Trinajstić information content (AvgIpc) is 3.28. The Kier molecular flexibility index (Phi) is 5.27. The fourth-order valence-corrected chi connectivity index (χ4v) is 3.23. The Hall–Kier alpha value is -2.81. The van der Waals surface area contributed by atoms with Crippen molar-refractivity contribution in [3.63, 3.8) is 0 Å². The van der Waals surface area contributed by atoms with E-state index in [-0.39, 0.29) is 18.3 Å². The Balaban J connectivity index is 1.64. The van der Waals surface area contributed by atoms with Crippen molar-refractivity contribution in [1.82, 2.24) is 15.1 Å². The van der Waals surface area contributed by atoms with Crippen LogP contribution in [0.2, 0.25) is 0 Å². The van der Waals surface area contributed by atoms with E-state index in [0.717, 1.165) is 17.0 Å². The molecule has 2 heterocycles. The van der Waals surface area contributed by atoms with Gasteiger partial charge in [-0.15, -0.1) is 11.3 Å². The molecule has 0 saturated carbocycles. The smallest absolute Gasteiger partial charge is 0.335 e. The van der Waals surface area contributed by atoms with Gasteiger partial charge in [-0.1, -0.05) is 12.1 Å². The lowest BCUT2D eigenvalue weighted by Gasteiger charge is -2.17. The standard InChI is InChI=1S/C17H15F3N4OS/c18-17(19,20)12-4-1-5-13(10-12)23-16(25)21-11-14(15-6-2-9-26-15)24-8-3-7-22-24/h1-10,14H,11H2,(H2,21,23,25)/t14-/m0/s1. The second kappa shape index (κ2) is 7.61. The van der Waals surface area contributed by atoms with Crippen LogP contribution >= 0.6 is 11.3 Å². The molecule has 0 fully saturated rings. The summed E-state index contributed by atoms with van der Waals surface area (Å²) in [7, 11) is 0. The molecule has 0 aliphatic carbocycles. The number of rotatable bonds is 5. The third kappa shape index (κ3) is 4.42. The Labute approximate surface area is 151 Å². The molecule has 0 saturated heterocycles. The SMILES string of the molecule is O=C(NC[C@@H](c1cccs1)n1cccn1)Nc1cccc(C(F)(F)F)c1. The van der Waals surface area contributed by atoms with Crippen LogP contribution in [0.5, 0.6) is 0 Å². The molecule has 0 radical (unpaired) electrons. The van der Waals surface area contributed by atoms with Crippen LogP contribution in [0.25, 0.3) is 0 Å². The summed E-state index contributed by atoms with van der Waals surface area (Å²) in [6, 6.07) is 9.33. The number of carbonyl (C=O) groups excluding carboxylic acids is 1. The van der Waals surface area contributed by atoms with Crippen LogP contribution < -0.4 is 10.6 Å². The number of nitrogens with one attached hydrogen (secondary N) is 2. The van der Waals surface area contributed by atoms with Crippen LogP contribution in [0.3, 0.4) is 0 Å². The number of amides is 2. The molecule has 0 aliphatic rings. The van der Waals surface area contributed by atoms with E-state index in [9.17, 15) is 18.0 Å². The number of nitrogens with zero attached hydrogens (tertiary/aromatic N) is 2. The predicted octanol–water partition coefficient (Wildman–Crippen LogP) is 4.37. The van der Waals surface area contributed by atoms with Gasteiger partial charge in [-0.3, -0.25) is 4.68 Å². The maximum absolute atomic E-state index is 12.7. The third-order valence-corrected chi connectivity index (χ3v) is 4.59. The second-order valence-electron chi connectivity index (χ2n) is 5.43. The summed E-state index contributed by atoms with van der Waals surface area (Å²) in [4.78, 5) is 13.1. The van der Waals surface area contributed by atoms with Crippen LogP contribution in [0.15, 0.2) is 60.2 Å². The van der Waals surface area contributed by atoms with Crippen molar-refractivity contribution < 1.29 is 18.0 Å². The van der Waals surface area contributed by atoms with Gasteiger partial charge in [0.1, 0.15) is 6.04 Å². The van der Waals surface area contributed by atoms with Gasteiger partial charge in [-0.2, -0.15) is 18.3 Å². The fourth-order valence-electron chi connectivity index (χ4n) is 2.41. The molecule has 2 N–H and O–H groups in total. The first-order valence-electron chi connectivity index (χ1n) is 7.68. The van der Waals surface area contributed by atoms with Gasteiger partial charge < -0.3 is 10.6 Å². The van der Waals surface area contributed by atoms with Gasteiger partial charge in [-0.25, -0.2) is 4.79 Å². The molecule has 0 bridgehead atoms. The minimum absolute atomic E-state index is 0.0732. The van der Waals surface area contributed by atoms with Crippen molar-refractivity contribution in [2.45, 2.75) is 12.2 Å². The number of benzene rings is 1. The number of hydrogen-bond acceptors (Lipinski definition) is 3. The van der Waals surface area contributed by atoms with Gasteiger partial charge in [0.05, 0.1) is 5.56 Å². The quantitative estimate of drug-likeness (QED) is 0.690. The topological polar surface area (TPSA) is 59.0 Å². The lowest BCUT2D eigenvalue weighted by molar-refractivity contribution is -0.137. The number of alkyl halides is 3. The Morgan fingerprint density at radius 3 is 2.73 bits per heavy atom. The molecular formula is C17H15F3N4OS. The largest absolute Gasteiger partial charge is 0.416 e. The number of urea groups is 1. The van der Waals surface area contributed by atoms with Crippen LogP contribution in [0.1, 0.15) is 16.5 Å². The summed E-state index contributed by atoms with van der Waals surface area (Å²) in [6.45, 7) is 0.243. The maximum atomic E-state index is 12.7. The highest BCUT2D eigenvalue weighted by atomic mass is 32.1. The first-order chi connectivity index (χ1) is 12.4. The zero-order valence-corrected chi connectivity index (χ0v) is 14.2. The molecule has 2 amide bonds. The third-order valence-electron chi connectivity index (χ3n) is 3.62. The van der Waals surface area contributed by atoms with Crippen LogP contribution in [-0.4, -0.2) is 22.4 Å². The van der Waals surface area contributed by atoms with Gasteiger partial charge >= 0.3 is 12.2 Å². The molecular weight excluding hydrogens is 365 g/mol. The van der Waals surface area contributed by atoms with Crippen LogP contribution in [-0.2, 0) is 6.18 Å². The van der Waals surface area contributed by atoms with Crippen molar-refractivity contribution in [2.75, 3.05) is 11.9 Å². The summed E-state index contributed by atoms with van der Waals surface area (Å²) in [5.41, 5.74) is -0.743. The molecule has 3 aromatic rings. The minimum atomic E-state index is -4.46. The molecule has 0 spiro atoms. The Bertz CT molecular complexity index is 813. The predicted molar refractivity (Wildman–Crippen MR) is 93.2 cm³/mol. The zero-order valence-electron chi connectivity index (χ0n) is 13.4. The maximum Gasteiger partial charge on any atom is 0.416 e. The van der Waals surface area contributed by atoms with Gasteiger partial charge in [0.2, 0.25) is 0 Å². The van der Waals surface area contributed by atoms with E-state index in [1.165, 1.54) is 23.5 Å². The summed E-state index contributed by atoms with van der Waals surface area (Å²) in [5, 5.41) is 11.2. The molecule has 26 heavy (non-hydrogen) atoms. The molecule has 3 rings (SSSR count). The summed E-state index contributed by atoms with van der Waals surface area (Å²) in [6.07, 6.45) is -1.03. The zero-order chi connectivity index (χ0) is 18.6. The lowest BCUT2D eigenvalue weighted by atomic mass is 10.2. The van der Waals surface area contributed by atoms with E-state index in [0.29, 0.717) is 0 Å². The van der Waals surface area contributed by atoms with E-state index in [1.54, 1.807) is 23.1 Å². The second-order valence-corrected chi connectivity index (χ2v) is 6.41. The first kappa shape index (κ1) is 18.0. The normalized spacial score (nSPS) is 12.6. The monoisotopic (exact) mass is 380 g/mol. The molecule has 9 heteroatoms. The molecule has 1 aromatic carbocycles. The molecule has 0 aliphatic heterocycles. The van der Waals surface area contributed by atoms with Gasteiger partial charge in [-0.05, 0) is 35.7 Å². The number of thiophene rings is 1. The van der Waals surface area contributed by atoms with Crippen molar-refractivity contribution in [3.05, 3.63) is 70.7 Å². The van der Waals surface area contributed by atoms with E-state index in [1.807, 2.05) is 17.5 Å². The number of aromatic nitrogens is 2. The van der Waals surface area contributed by atoms with Gasteiger partial charge in [0.25, 0.3) is 0 Å². The van der Waals surface area contributed by atoms with E-state index < -0.39 is 17.8 Å². The molecule has 1 atom stereocenters. The number of hydrogen-bond donors (Lipinski definition) is 2. The van der Waals surface area contributed by atoms with E-state index in [4.69, 9.17) is 0 Å². The first-order valence-corrected chi connectivity index (χ1v) is 8.56. The summed E-state index contributed by atoms with van der Waals surface area (Å²) in [5.74, 6) is 0. The molecule has 2 aromatic heterocycles.